The van der Waals surface area contributed by atoms with Crippen molar-refractivity contribution in [3.05, 3.63) is 0 Å². The molecule has 1 N–H and O–H groups in total. The highest BCUT2D eigenvalue weighted by molar-refractivity contribution is 5.02. The molecule has 1 saturated heterocycles. The van der Waals surface area contributed by atoms with Crippen LogP contribution in [-0.2, 0) is 4.74 Å². The summed E-state index contributed by atoms with van der Waals surface area (Å²) in [4.78, 5) is 0. The smallest absolute Gasteiger partial charge is 0.119 e. The third kappa shape index (κ3) is 1.83. The van der Waals surface area contributed by atoms with Gasteiger partial charge in [0.05, 0.1) is 6.61 Å². The normalized spacial score (nSPS) is 48.4. The highest BCUT2D eigenvalue weighted by Crippen LogP contribution is 2.50. The molecule has 2 unspecified atom stereocenters. The summed E-state index contributed by atoms with van der Waals surface area (Å²) in [7, 11) is 0. The predicted octanol–water partition coefficient (Wildman–Crippen LogP) is 2.54. The van der Waals surface area contributed by atoms with Gasteiger partial charge in [-0.1, -0.05) is 13.8 Å². The zero-order valence-corrected chi connectivity index (χ0v) is 10.0. The summed E-state index contributed by atoms with van der Waals surface area (Å²) in [5.41, 5.74) is 0.597. The third-order valence-corrected chi connectivity index (χ3v) is 4.56. The van der Waals surface area contributed by atoms with Gasteiger partial charge < -0.3 is 4.74 Å². The fraction of sp³-hybridized carbons (Fsp3) is 1.00. The van der Waals surface area contributed by atoms with Gasteiger partial charge in [-0.2, -0.15) is 0 Å². The molecule has 0 aromatic heterocycles. The molecule has 0 aromatic carbocycles. The van der Waals surface area contributed by atoms with Crippen LogP contribution < -0.4 is 5.32 Å². The lowest BCUT2D eigenvalue weighted by atomic mass is 9.77. The Morgan fingerprint density at radius 1 is 1.13 bits per heavy atom. The van der Waals surface area contributed by atoms with Crippen molar-refractivity contribution in [3.63, 3.8) is 0 Å². The maximum Gasteiger partial charge on any atom is 0.119 e. The van der Waals surface area contributed by atoms with Crippen LogP contribution in [0.1, 0.15) is 46.0 Å². The molecular formula is C13H23NO. The summed E-state index contributed by atoms with van der Waals surface area (Å²) in [6.07, 6.45) is 6.56. The van der Waals surface area contributed by atoms with Gasteiger partial charge in [-0.25, -0.2) is 0 Å². The molecule has 1 aliphatic heterocycles. The molecule has 1 heterocycles. The van der Waals surface area contributed by atoms with Crippen molar-refractivity contribution in [2.45, 2.75) is 51.7 Å². The first kappa shape index (κ1) is 10.1. The first-order valence-corrected chi connectivity index (χ1v) is 6.51. The lowest BCUT2D eigenvalue weighted by molar-refractivity contribution is -0.157. The zero-order chi connectivity index (χ0) is 10.5. The summed E-state index contributed by atoms with van der Waals surface area (Å²) in [6, 6.07) is 0. The Bertz CT molecular complexity index is 237. The number of hydrogen-bond acceptors (Lipinski definition) is 2. The van der Waals surface area contributed by atoms with E-state index in [0.29, 0.717) is 5.41 Å². The molecule has 3 aliphatic rings. The molecule has 3 rings (SSSR count). The first-order valence-electron chi connectivity index (χ1n) is 6.51. The molecule has 2 saturated carbocycles. The predicted molar refractivity (Wildman–Crippen MR) is 60.5 cm³/mol. The molecule has 2 nitrogen and oxygen atoms in total. The SMILES string of the molecule is CC1CC(C)CC2(C1)NCC1(CC1)CO2. The van der Waals surface area contributed by atoms with E-state index in [1.165, 1.54) is 38.6 Å². The Morgan fingerprint density at radius 3 is 2.27 bits per heavy atom. The molecular weight excluding hydrogens is 186 g/mol. The van der Waals surface area contributed by atoms with E-state index in [2.05, 4.69) is 19.2 Å². The van der Waals surface area contributed by atoms with Gasteiger partial charge >= 0.3 is 0 Å². The number of nitrogens with one attached hydrogen (secondary N) is 1. The molecule has 2 aliphatic carbocycles. The van der Waals surface area contributed by atoms with Crippen molar-refractivity contribution in [3.8, 4) is 0 Å². The largest absolute Gasteiger partial charge is 0.360 e. The fourth-order valence-electron chi connectivity index (χ4n) is 3.56. The Labute approximate surface area is 92.8 Å². The van der Waals surface area contributed by atoms with Crippen molar-refractivity contribution < 1.29 is 4.74 Å². The van der Waals surface area contributed by atoms with Gasteiger partial charge in [0.15, 0.2) is 0 Å². The fourth-order valence-corrected chi connectivity index (χ4v) is 3.56. The van der Waals surface area contributed by atoms with Crippen LogP contribution in [0.5, 0.6) is 0 Å². The van der Waals surface area contributed by atoms with Crippen molar-refractivity contribution >= 4 is 0 Å². The number of ether oxygens (including phenoxy) is 1. The molecule has 0 radical (unpaired) electrons. The van der Waals surface area contributed by atoms with Crippen LogP contribution in [0.3, 0.4) is 0 Å². The molecule has 0 amide bonds. The topological polar surface area (TPSA) is 21.3 Å². The van der Waals surface area contributed by atoms with Gasteiger partial charge in [0.2, 0.25) is 0 Å². The summed E-state index contributed by atoms with van der Waals surface area (Å²) < 4.78 is 6.21. The van der Waals surface area contributed by atoms with Gasteiger partial charge in [0.25, 0.3) is 0 Å². The van der Waals surface area contributed by atoms with Gasteiger partial charge in [0, 0.05) is 12.0 Å². The standard InChI is InChI=1S/C13H23NO/c1-10-5-11(2)7-13(6-10)14-8-12(3-4-12)9-15-13/h10-11,14H,3-9H2,1-2H3. The highest BCUT2D eigenvalue weighted by atomic mass is 16.5. The Morgan fingerprint density at radius 2 is 1.80 bits per heavy atom. The van der Waals surface area contributed by atoms with Gasteiger partial charge in [-0.05, 0) is 43.9 Å². The lowest BCUT2D eigenvalue weighted by Gasteiger charge is -2.47. The monoisotopic (exact) mass is 209 g/mol. The zero-order valence-electron chi connectivity index (χ0n) is 10.0. The van der Waals surface area contributed by atoms with Crippen LogP contribution in [0, 0.1) is 17.3 Å². The third-order valence-electron chi connectivity index (χ3n) is 4.56. The molecule has 2 atom stereocenters. The molecule has 86 valence electrons. The maximum atomic E-state index is 6.21. The minimum atomic E-state index is 0.0466. The van der Waals surface area contributed by atoms with Crippen molar-refractivity contribution in [2.75, 3.05) is 13.2 Å². The van der Waals surface area contributed by atoms with E-state index in [1.54, 1.807) is 0 Å². The summed E-state index contributed by atoms with van der Waals surface area (Å²) in [6.45, 7) is 6.94. The summed E-state index contributed by atoms with van der Waals surface area (Å²) in [5.74, 6) is 1.63. The first-order chi connectivity index (χ1) is 7.12. The van der Waals surface area contributed by atoms with E-state index in [4.69, 9.17) is 4.74 Å². The number of hydrogen-bond donors (Lipinski definition) is 1. The Balaban J connectivity index is 1.68. The van der Waals surface area contributed by atoms with Crippen LogP contribution in [0.15, 0.2) is 0 Å². The van der Waals surface area contributed by atoms with Crippen LogP contribution in [0.4, 0.5) is 0 Å². The molecule has 0 bridgehead atoms. The minimum Gasteiger partial charge on any atom is -0.360 e. The van der Waals surface area contributed by atoms with E-state index in [0.717, 1.165) is 18.4 Å². The number of rotatable bonds is 0. The molecule has 3 fully saturated rings. The Hall–Kier alpha value is -0.0800. The van der Waals surface area contributed by atoms with E-state index in [9.17, 15) is 0 Å². The quantitative estimate of drug-likeness (QED) is 0.662. The second-order valence-corrected chi connectivity index (χ2v) is 6.49. The average molecular weight is 209 g/mol. The maximum absolute atomic E-state index is 6.21. The average Bonchev–Trinajstić information content (AvgIpc) is 2.90. The molecule has 2 heteroatoms. The van der Waals surface area contributed by atoms with E-state index >= 15 is 0 Å². The molecule has 15 heavy (non-hydrogen) atoms. The van der Waals surface area contributed by atoms with E-state index in [-0.39, 0.29) is 5.72 Å². The Kier molecular flexibility index (Phi) is 2.16. The van der Waals surface area contributed by atoms with Crippen LogP contribution in [-0.4, -0.2) is 18.9 Å². The summed E-state index contributed by atoms with van der Waals surface area (Å²) in [5, 5.41) is 3.73. The second kappa shape index (κ2) is 3.21. The van der Waals surface area contributed by atoms with Crippen molar-refractivity contribution in [1.29, 1.82) is 0 Å². The minimum absolute atomic E-state index is 0.0466. The van der Waals surface area contributed by atoms with Crippen LogP contribution in [0.2, 0.25) is 0 Å². The molecule has 0 aromatic rings. The molecule has 2 spiro atoms. The van der Waals surface area contributed by atoms with Gasteiger partial charge in [0.1, 0.15) is 5.72 Å². The lowest BCUT2D eigenvalue weighted by Crippen LogP contribution is -2.58. The second-order valence-electron chi connectivity index (χ2n) is 6.49. The van der Waals surface area contributed by atoms with Gasteiger partial charge in [-0.15, -0.1) is 0 Å². The van der Waals surface area contributed by atoms with Crippen molar-refractivity contribution in [2.24, 2.45) is 17.3 Å². The van der Waals surface area contributed by atoms with Crippen LogP contribution in [0.25, 0.3) is 0 Å². The highest BCUT2D eigenvalue weighted by Gasteiger charge is 2.51. The summed E-state index contributed by atoms with van der Waals surface area (Å²) >= 11 is 0. The van der Waals surface area contributed by atoms with E-state index in [1.807, 2.05) is 0 Å². The van der Waals surface area contributed by atoms with Crippen LogP contribution >= 0.6 is 0 Å². The van der Waals surface area contributed by atoms with E-state index < -0.39 is 0 Å². The van der Waals surface area contributed by atoms with Crippen molar-refractivity contribution in [1.82, 2.24) is 5.32 Å². The van der Waals surface area contributed by atoms with Gasteiger partial charge in [-0.3, -0.25) is 5.32 Å².